The Kier molecular flexibility index (Phi) is 10.3. The summed E-state index contributed by atoms with van der Waals surface area (Å²) in [5, 5.41) is 15.9. The molecule has 262 valence electrons. The molecule has 2 heterocycles. The Bertz CT molecular complexity index is 2080. The Balaban J connectivity index is 2.08. The molecule has 4 N–H and O–H groups in total. The highest BCUT2D eigenvalue weighted by Gasteiger charge is 2.48. The minimum Gasteiger partial charge on any atom is -0.465 e. The van der Waals surface area contributed by atoms with Gasteiger partial charge in [0.2, 0.25) is 0 Å². The molecule has 0 fully saturated rings. The standard InChI is InChI=1S/C33H33ClF5N5O4S/c1-6-32(31(2,3)4,49(5,47)48)12-11-21-7-8-22(23-9-10-24(34)26-28(23)44(43-29(26)40)17-33(37,38)39)27(41-21)25(42-30(45)46)15-18-13-19(35)16-20(36)14-18/h7-10,13-14,16,25,42H,6,15,17H2,1-5H3,(H2,40,43)(H,45,46)/t25-,32?/m0/s1. The number of nitrogens with zero attached hydrogens (tertiary/aromatic N) is 3. The highest BCUT2D eigenvalue weighted by atomic mass is 35.5. The van der Waals surface area contributed by atoms with Crippen molar-refractivity contribution in [2.45, 2.75) is 64.0 Å². The van der Waals surface area contributed by atoms with Crippen molar-refractivity contribution in [2.75, 3.05) is 12.0 Å². The van der Waals surface area contributed by atoms with E-state index >= 15 is 0 Å². The van der Waals surface area contributed by atoms with Gasteiger partial charge in [0.1, 0.15) is 28.6 Å². The third-order valence-electron chi connectivity index (χ3n) is 8.14. The van der Waals surface area contributed by atoms with Crippen LogP contribution < -0.4 is 11.1 Å². The Morgan fingerprint density at radius 1 is 1.08 bits per heavy atom. The maximum absolute atomic E-state index is 14.2. The molecule has 4 aromatic rings. The summed E-state index contributed by atoms with van der Waals surface area (Å²) >= 11 is 6.35. The average Bonchev–Trinajstić information content (AvgIpc) is 3.26. The van der Waals surface area contributed by atoms with Gasteiger partial charge in [0.05, 0.1) is 27.7 Å². The number of rotatable bonds is 8. The second-order valence-corrected chi connectivity index (χ2v) is 15.2. The van der Waals surface area contributed by atoms with Crippen LogP contribution >= 0.6 is 11.6 Å². The molecule has 1 unspecified atom stereocenters. The van der Waals surface area contributed by atoms with Gasteiger partial charge in [-0.2, -0.15) is 18.3 Å². The molecule has 0 bridgehead atoms. The quantitative estimate of drug-likeness (QED) is 0.128. The Labute approximate surface area is 284 Å². The Morgan fingerprint density at radius 2 is 1.69 bits per heavy atom. The molecular formula is C33H33ClF5N5O4S. The molecule has 0 saturated carbocycles. The molecular weight excluding hydrogens is 693 g/mol. The second-order valence-electron chi connectivity index (χ2n) is 12.5. The lowest BCUT2D eigenvalue weighted by Gasteiger charge is -2.38. The summed E-state index contributed by atoms with van der Waals surface area (Å²) in [5.74, 6) is 3.53. The van der Waals surface area contributed by atoms with Gasteiger partial charge in [-0.3, -0.25) is 4.68 Å². The van der Waals surface area contributed by atoms with Crippen LogP contribution in [-0.2, 0) is 22.8 Å². The Morgan fingerprint density at radius 3 is 2.22 bits per heavy atom. The molecule has 0 spiro atoms. The number of carbonyl (C=O) groups is 1. The van der Waals surface area contributed by atoms with E-state index in [-0.39, 0.29) is 62.7 Å². The number of fused-ring (bicyclic) bond motifs is 1. The smallest absolute Gasteiger partial charge is 0.408 e. The van der Waals surface area contributed by atoms with Crippen molar-refractivity contribution in [2.24, 2.45) is 5.41 Å². The lowest BCUT2D eigenvalue weighted by atomic mass is 9.78. The zero-order valence-electron chi connectivity index (χ0n) is 27.0. The number of nitrogens with two attached hydrogens (primary N) is 1. The van der Waals surface area contributed by atoms with Crippen molar-refractivity contribution in [3.8, 4) is 23.0 Å². The maximum Gasteiger partial charge on any atom is 0.408 e. The molecule has 4 rings (SSSR count). The van der Waals surface area contributed by atoms with Crippen molar-refractivity contribution in [3.05, 3.63) is 76.1 Å². The number of sulfone groups is 1. The number of alkyl halides is 3. The van der Waals surface area contributed by atoms with Gasteiger partial charge >= 0.3 is 12.3 Å². The minimum atomic E-state index is -4.72. The van der Waals surface area contributed by atoms with E-state index in [9.17, 15) is 40.3 Å². The zero-order chi connectivity index (χ0) is 36.7. The van der Waals surface area contributed by atoms with Gasteiger partial charge < -0.3 is 16.2 Å². The van der Waals surface area contributed by atoms with Crippen molar-refractivity contribution in [3.63, 3.8) is 0 Å². The number of hydrogen-bond acceptors (Lipinski definition) is 6. The van der Waals surface area contributed by atoms with Crippen LogP contribution in [0, 0.1) is 28.9 Å². The van der Waals surface area contributed by atoms with E-state index in [4.69, 9.17) is 17.3 Å². The molecule has 16 heteroatoms. The number of pyridine rings is 1. The molecule has 0 aliphatic carbocycles. The fraction of sp³-hybridized carbons (Fsp3) is 0.364. The summed E-state index contributed by atoms with van der Waals surface area (Å²) in [4.78, 5) is 16.7. The maximum atomic E-state index is 14.2. The van der Waals surface area contributed by atoms with Gasteiger partial charge in [-0.15, -0.1) is 0 Å². The molecule has 2 aromatic carbocycles. The normalized spacial score (nSPS) is 14.2. The fourth-order valence-electron chi connectivity index (χ4n) is 6.06. The molecule has 0 aliphatic heterocycles. The summed E-state index contributed by atoms with van der Waals surface area (Å²) in [7, 11) is -3.78. The van der Waals surface area contributed by atoms with E-state index in [2.05, 4.69) is 27.2 Å². The van der Waals surface area contributed by atoms with Gasteiger partial charge in [0, 0.05) is 23.4 Å². The molecule has 9 nitrogen and oxygen atoms in total. The summed E-state index contributed by atoms with van der Waals surface area (Å²) in [6.07, 6.45) is -5.44. The summed E-state index contributed by atoms with van der Waals surface area (Å²) < 4.78 is 94.6. The summed E-state index contributed by atoms with van der Waals surface area (Å²) in [6, 6.07) is 6.84. The number of nitrogens with one attached hydrogen (secondary N) is 1. The van der Waals surface area contributed by atoms with Crippen LogP contribution in [0.15, 0.2) is 42.5 Å². The van der Waals surface area contributed by atoms with Gasteiger partial charge in [-0.1, -0.05) is 51.3 Å². The number of halogens is 6. The lowest BCUT2D eigenvalue weighted by Crippen LogP contribution is -2.47. The van der Waals surface area contributed by atoms with E-state index < -0.39 is 56.5 Å². The largest absolute Gasteiger partial charge is 0.465 e. The topological polar surface area (TPSA) is 140 Å². The highest BCUT2D eigenvalue weighted by molar-refractivity contribution is 7.92. The first kappa shape index (κ1) is 37.4. The molecule has 0 saturated heterocycles. The molecule has 2 aromatic heterocycles. The van der Waals surface area contributed by atoms with Crippen LogP contribution in [-0.4, -0.2) is 51.6 Å². The van der Waals surface area contributed by atoms with Crippen LogP contribution in [0.25, 0.3) is 22.0 Å². The lowest BCUT2D eigenvalue weighted by molar-refractivity contribution is -0.141. The monoisotopic (exact) mass is 725 g/mol. The van der Waals surface area contributed by atoms with Crippen LogP contribution in [0.3, 0.4) is 0 Å². The number of aromatic nitrogens is 3. The SMILES string of the molecule is CCC(C#Cc1ccc(-c2ccc(Cl)c3c(N)nn(CC(F)(F)F)c23)c([C@H](Cc2cc(F)cc(F)c2)NC(=O)O)n1)(C(C)(C)C)S(C)(=O)=O. The van der Waals surface area contributed by atoms with Crippen molar-refractivity contribution in [1.29, 1.82) is 0 Å². The van der Waals surface area contributed by atoms with Gasteiger partial charge in [-0.05, 0) is 60.1 Å². The predicted molar refractivity (Wildman–Crippen MR) is 177 cm³/mol. The van der Waals surface area contributed by atoms with Crippen LogP contribution in [0.1, 0.15) is 57.1 Å². The molecule has 0 aliphatic rings. The summed E-state index contributed by atoms with van der Waals surface area (Å²) in [5.41, 5.74) is 5.09. The van der Waals surface area contributed by atoms with E-state index in [1.807, 2.05) is 0 Å². The van der Waals surface area contributed by atoms with Gasteiger partial charge in [0.15, 0.2) is 15.7 Å². The zero-order valence-corrected chi connectivity index (χ0v) is 28.6. The van der Waals surface area contributed by atoms with Gasteiger partial charge in [-0.25, -0.2) is 27.0 Å². The van der Waals surface area contributed by atoms with Crippen LogP contribution in [0.2, 0.25) is 5.02 Å². The van der Waals surface area contributed by atoms with Crippen molar-refractivity contribution < 1.29 is 40.3 Å². The molecule has 2 atom stereocenters. The summed E-state index contributed by atoms with van der Waals surface area (Å²) in [6.45, 7) is 5.30. The number of amides is 1. The predicted octanol–water partition coefficient (Wildman–Crippen LogP) is 7.32. The minimum absolute atomic E-state index is 0.000704. The van der Waals surface area contributed by atoms with Crippen molar-refractivity contribution in [1.82, 2.24) is 20.1 Å². The van der Waals surface area contributed by atoms with E-state index in [0.717, 1.165) is 18.4 Å². The average molecular weight is 726 g/mol. The van der Waals surface area contributed by atoms with E-state index in [0.29, 0.717) is 10.7 Å². The third kappa shape index (κ3) is 7.91. The first-order valence-corrected chi connectivity index (χ1v) is 17.0. The van der Waals surface area contributed by atoms with Crippen molar-refractivity contribution >= 4 is 44.3 Å². The van der Waals surface area contributed by atoms with E-state index in [1.54, 1.807) is 27.7 Å². The number of anilines is 1. The molecule has 0 radical (unpaired) electrons. The second kappa shape index (κ2) is 13.5. The molecule has 49 heavy (non-hydrogen) atoms. The first-order valence-electron chi connectivity index (χ1n) is 14.8. The number of benzene rings is 2. The van der Waals surface area contributed by atoms with Crippen LogP contribution in [0.5, 0.6) is 0 Å². The number of nitrogen functional groups attached to an aromatic ring is 1. The third-order valence-corrected chi connectivity index (χ3v) is 10.7. The van der Waals surface area contributed by atoms with Crippen LogP contribution in [0.4, 0.5) is 32.6 Å². The van der Waals surface area contributed by atoms with E-state index in [1.165, 1.54) is 24.3 Å². The number of hydrogen-bond donors (Lipinski definition) is 3. The fourth-order valence-corrected chi connectivity index (χ4v) is 8.18. The van der Waals surface area contributed by atoms with Gasteiger partial charge in [0.25, 0.3) is 0 Å². The molecule has 1 amide bonds. The highest BCUT2D eigenvalue weighted by Crippen LogP contribution is 2.41. The first-order chi connectivity index (χ1) is 22.6. The Hall–Kier alpha value is -4.42. The number of carboxylic acid groups (broad SMARTS) is 1.